The lowest BCUT2D eigenvalue weighted by molar-refractivity contribution is 0.417. The summed E-state index contributed by atoms with van der Waals surface area (Å²) >= 11 is 6.25. The van der Waals surface area contributed by atoms with E-state index in [9.17, 15) is 0 Å². The normalized spacial score (nSPS) is 14.8. The molecule has 0 bridgehead atoms. The lowest BCUT2D eigenvalue weighted by atomic mass is 9.93. The van der Waals surface area contributed by atoms with Gasteiger partial charge in [0, 0.05) is 11.6 Å². The van der Waals surface area contributed by atoms with Gasteiger partial charge in [-0.25, -0.2) is 0 Å². The number of halogens is 1. The first kappa shape index (κ1) is 15.1. The highest BCUT2D eigenvalue weighted by atomic mass is 35.5. The monoisotopic (exact) mass is 309 g/mol. The quantitative estimate of drug-likeness (QED) is 0.642. The molecular weight excluding hydrogens is 290 g/mol. The third kappa shape index (κ3) is 3.16. The average Bonchev–Trinajstić information content (AvgIpc) is 2.65. The Hall–Kier alpha value is -1.83. The summed E-state index contributed by atoms with van der Waals surface area (Å²) in [6, 6.07) is 14.7. The lowest BCUT2D eigenvalue weighted by Crippen LogP contribution is -2.12. The summed E-state index contributed by atoms with van der Waals surface area (Å²) in [5.74, 6) is 0. The molecule has 0 spiro atoms. The zero-order chi connectivity index (χ0) is 15.5. The molecule has 2 aromatic carbocycles. The van der Waals surface area contributed by atoms with Gasteiger partial charge in [0.1, 0.15) is 0 Å². The van der Waals surface area contributed by atoms with Crippen LogP contribution in [0.4, 0.5) is 0 Å². The van der Waals surface area contributed by atoms with Gasteiger partial charge in [0.25, 0.3) is 0 Å². The third-order valence-corrected chi connectivity index (χ3v) is 4.16. The van der Waals surface area contributed by atoms with E-state index < -0.39 is 0 Å². The molecular formula is C20H20ClN. The van der Waals surface area contributed by atoms with Crippen LogP contribution >= 0.6 is 11.6 Å². The molecule has 0 radical (unpaired) electrons. The molecule has 0 aliphatic heterocycles. The maximum absolute atomic E-state index is 6.25. The first-order valence-corrected chi connectivity index (χ1v) is 7.95. The van der Waals surface area contributed by atoms with Crippen molar-refractivity contribution in [3.8, 4) is 0 Å². The number of hydrogen-bond donors (Lipinski definition) is 0. The van der Waals surface area contributed by atoms with Crippen LogP contribution < -0.4 is 0 Å². The highest BCUT2D eigenvalue weighted by molar-refractivity contribution is 6.30. The van der Waals surface area contributed by atoms with Gasteiger partial charge in [-0.05, 0) is 60.5 Å². The maximum Gasteiger partial charge on any atom is 0.0412 e. The number of benzene rings is 2. The lowest BCUT2D eigenvalue weighted by Gasteiger charge is -2.13. The molecule has 1 aliphatic rings. The third-order valence-electron chi connectivity index (χ3n) is 3.92. The van der Waals surface area contributed by atoms with E-state index in [-0.39, 0.29) is 0 Å². The van der Waals surface area contributed by atoms with E-state index in [1.807, 2.05) is 6.07 Å². The maximum atomic E-state index is 6.25. The number of rotatable bonds is 3. The molecule has 0 N–H and O–H groups in total. The van der Waals surface area contributed by atoms with Gasteiger partial charge in [0.15, 0.2) is 0 Å². The number of hydrogen-bond acceptors (Lipinski definition) is 1. The van der Waals surface area contributed by atoms with E-state index >= 15 is 0 Å². The Labute approximate surface area is 137 Å². The fourth-order valence-electron chi connectivity index (χ4n) is 2.81. The van der Waals surface area contributed by atoms with Crippen molar-refractivity contribution >= 4 is 29.3 Å². The van der Waals surface area contributed by atoms with Crippen molar-refractivity contribution in [3.05, 3.63) is 75.8 Å². The van der Waals surface area contributed by atoms with Gasteiger partial charge in [0.05, 0.1) is 0 Å². The summed E-state index contributed by atoms with van der Waals surface area (Å²) in [7, 11) is 4.21. The van der Waals surface area contributed by atoms with Crippen LogP contribution in [0.15, 0.2) is 48.5 Å². The van der Waals surface area contributed by atoms with Crippen molar-refractivity contribution in [2.45, 2.75) is 6.42 Å². The van der Waals surface area contributed by atoms with E-state index in [2.05, 4.69) is 73.6 Å². The van der Waals surface area contributed by atoms with E-state index in [0.717, 1.165) is 18.0 Å². The predicted molar refractivity (Wildman–Crippen MR) is 97.1 cm³/mol. The van der Waals surface area contributed by atoms with Crippen molar-refractivity contribution in [2.24, 2.45) is 0 Å². The van der Waals surface area contributed by atoms with Gasteiger partial charge in [0.2, 0.25) is 0 Å². The van der Waals surface area contributed by atoms with Gasteiger partial charge in [-0.2, -0.15) is 0 Å². The second-order valence-corrected chi connectivity index (χ2v) is 6.30. The molecule has 0 atom stereocenters. The number of fused-ring (bicyclic) bond motifs is 2. The van der Waals surface area contributed by atoms with Crippen LogP contribution in [0.1, 0.15) is 28.7 Å². The Bertz CT molecular complexity index is 741. The van der Waals surface area contributed by atoms with E-state index in [4.69, 9.17) is 11.6 Å². The molecule has 3 rings (SSSR count). The topological polar surface area (TPSA) is 3.24 Å². The van der Waals surface area contributed by atoms with Crippen molar-refractivity contribution in [2.75, 3.05) is 20.6 Å². The van der Waals surface area contributed by atoms with Crippen LogP contribution in [0.5, 0.6) is 0 Å². The van der Waals surface area contributed by atoms with Crippen LogP contribution in [-0.4, -0.2) is 25.5 Å². The second-order valence-electron chi connectivity index (χ2n) is 5.86. The molecule has 0 unspecified atom stereocenters. The van der Waals surface area contributed by atoms with Crippen LogP contribution in [0.2, 0.25) is 5.02 Å². The zero-order valence-corrected chi connectivity index (χ0v) is 13.8. The standard InChI is InChI=1S/C20H20ClN/c1-22(2)13-5-8-19-18-7-4-3-6-15(18)9-10-16-11-12-17(21)14-20(16)19/h3-4,6-12,14H,5,13H2,1-2H3/b19-8-. The molecule has 0 heterocycles. The first-order chi connectivity index (χ1) is 10.6. The van der Waals surface area contributed by atoms with Crippen molar-refractivity contribution < 1.29 is 0 Å². The summed E-state index contributed by atoms with van der Waals surface area (Å²) in [6.07, 6.45) is 7.72. The highest BCUT2D eigenvalue weighted by Crippen LogP contribution is 2.35. The minimum absolute atomic E-state index is 0.782. The SMILES string of the molecule is CN(C)CC/C=C1/c2ccccc2C=Cc2ccc(Cl)cc21. The second kappa shape index (κ2) is 6.51. The molecule has 0 aromatic heterocycles. The van der Waals surface area contributed by atoms with E-state index in [1.165, 1.54) is 27.8 Å². The molecule has 0 saturated carbocycles. The average molecular weight is 310 g/mol. The summed E-state index contributed by atoms with van der Waals surface area (Å²) in [5.41, 5.74) is 6.24. The fourth-order valence-corrected chi connectivity index (χ4v) is 2.98. The Kier molecular flexibility index (Phi) is 4.47. The number of nitrogens with zero attached hydrogens (tertiary/aromatic N) is 1. The molecule has 22 heavy (non-hydrogen) atoms. The van der Waals surface area contributed by atoms with E-state index in [1.54, 1.807) is 0 Å². The summed E-state index contributed by atoms with van der Waals surface area (Å²) in [4.78, 5) is 2.21. The van der Waals surface area contributed by atoms with Crippen LogP contribution in [0, 0.1) is 0 Å². The first-order valence-electron chi connectivity index (χ1n) is 7.57. The largest absolute Gasteiger partial charge is 0.309 e. The van der Waals surface area contributed by atoms with Crippen molar-refractivity contribution in [1.82, 2.24) is 4.90 Å². The van der Waals surface area contributed by atoms with Gasteiger partial charge in [-0.15, -0.1) is 0 Å². The minimum atomic E-state index is 0.782. The molecule has 112 valence electrons. The highest BCUT2D eigenvalue weighted by Gasteiger charge is 2.14. The summed E-state index contributed by atoms with van der Waals surface area (Å²) in [6.45, 7) is 1.04. The molecule has 1 aliphatic carbocycles. The smallest absolute Gasteiger partial charge is 0.0412 e. The van der Waals surface area contributed by atoms with Crippen LogP contribution in [0.25, 0.3) is 17.7 Å². The van der Waals surface area contributed by atoms with Gasteiger partial charge in [-0.1, -0.05) is 60.2 Å². The molecule has 0 saturated heterocycles. The zero-order valence-electron chi connectivity index (χ0n) is 13.0. The Morgan fingerprint density at radius 1 is 0.955 bits per heavy atom. The molecule has 2 aromatic rings. The van der Waals surface area contributed by atoms with Gasteiger partial charge >= 0.3 is 0 Å². The molecule has 2 heteroatoms. The van der Waals surface area contributed by atoms with E-state index in [0.29, 0.717) is 0 Å². The Morgan fingerprint density at radius 3 is 2.45 bits per heavy atom. The Balaban J connectivity index is 2.13. The van der Waals surface area contributed by atoms with Crippen molar-refractivity contribution in [1.29, 1.82) is 0 Å². The summed E-state index contributed by atoms with van der Waals surface area (Å²) < 4.78 is 0. The van der Waals surface area contributed by atoms with Crippen LogP contribution in [0.3, 0.4) is 0 Å². The minimum Gasteiger partial charge on any atom is -0.309 e. The van der Waals surface area contributed by atoms with Crippen molar-refractivity contribution in [3.63, 3.8) is 0 Å². The Morgan fingerprint density at radius 2 is 1.68 bits per heavy atom. The summed E-state index contributed by atoms with van der Waals surface area (Å²) in [5, 5.41) is 0.782. The van der Waals surface area contributed by atoms with Gasteiger partial charge in [-0.3, -0.25) is 0 Å². The molecule has 0 amide bonds. The van der Waals surface area contributed by atoms with Gasteiger partial charge < -0.3 is 4.90 Å². The molecule has 1 nitrogen and oxygen atoms in total. The van der Waals surface area contributed by atoms with Crippen LogP contribution in [-0.2, 0) is 0 Å². The predicted octanol–water partition coefficient (Wildman–Crippen LogP) is 5.21. The fraction of sp³-hybridized carbons (Fsp3) is 0.200. The molecule has 0 fully saturated rings.